The van der Waals surface area contributed by atoms with E-state index in [1.54, 1.807) is 18.1 Å². The number of benzene rings is 2. The standard InChI is InChI=1S/C19H23ClN2O2/c1-21(13-16-11-17(20)9-10-18(16)24-3)14-19(23)22(2)12-15-7-5-4-6-8-15/h4-11H,12-14H2,1-3H3. The second-order valence-electron chi connectivity index (χ2n) is 5.86. The Labute approximate surface area is 148 Å². The first kappa shape index (κ1) is 18.3. The van der Waals surface area contributed by atoms with Crippen LogP contribution in [0.15, 0.2) is 48.5 Å². The van der Waals surface area contributed by atoms with Gasteiger partial charge in [-0.25, -0.2) is 0 Å². The van der Waals surface area contributed by atoms with E-state index in [2.05, 4.69) is 0 Å². The normalized spacial score (nSPS) is 10.7. The van der Waals surface area contributed by atoms with Crippen LogP contribution >= 0.6 is 11.6 Å². The number of halogens is 1. The number of ether oxygens (including phenoxy) is 1. The van der Waals surface area contributed by atoms with E-state index >= 15 is 0 Å². The van der Waals surface area contributed by atoms with Gasteiger partial charge in [0.15, 0.2) is 0 Å². The fourth-order valence-electron chi connectivity index (χ4n) is 2.51. The van der Waals surface area contributed by atoms with Crippen molar-refractivity contribution in [3.63, 3.8) is 0 Å². The van der Waals surface area contributed by atoms with Crippen molar-refractivity contribution in [1.82, 2.24) is 9.80 Å². The summed E-state index contributed by atoms with van der Waals surface area (Å²) < 4.78 is 5.35. The van der Waals surface area contributed by atoms with Crippen LogP contribution in [0.4, 0.5) is 0 Å². The van der Waals surface area contributed by atoms with E-state index in [1.807, 2.05) is 61.5 Å². The lowest BCUT2D eigenvalue weighted by Gasteiger charge is -2.22. The molecule has 0 aliphatic carbocycles. The van der Waals surface area contributed by atoms with Gasteiger partial charge in [-0.3, -0.25) is 9.69 Å². The quantitative estimate of drug-likeness (QED) is 0.770. The molecule has 0 heterocycles. The molecule has 24 heavy (non-hydrogen) atoms. The smallest absolute Gasteiger partial charge is 0.236 e. The highest BCUT2D eigenvalue weighted by Gasteiger charge is 2.14. The van der Waals surface area contributed by atoms with Crippen molar-refractivity contribution < 1.29 is 9.53 Å². The summed E-state index contributed by atoms with van der Waals surface area (Å²) in [5.41, 5.74) is 2.08. The molecule has 0 saturated heterocycles. The predicted molar refractivity (Wildman–Crippen MR) is 97.3 cm³/mol. The molecule has 0 unspecified atom stereocenters. The Kier molecular flexibility index (Phi) is 6.64. The van der Waals surface area contributed by atoms with Gasteiger partial charge < -0.3 is 9.64 Å². The van der Waals surface area contributed by atoms with Crippen LogP contribution in [0.5, 0.6) is 5.75 Å². The van der Waals surface area contributed by atoms with Crippen LogP contribution in [0, 0.1) is 0 Å². The Morgan fingerprint density at radius 1 is 1.08 bits per heavy atom. The molecule has 0 bridgehead atoms. The second-order valence-corrected chi connectivity index (χ2v) is 6.30. The van der Waals surface area contributed by atoms with Gasteiger partial charge in [-0.05, 0) is 30.8 Å². The van der Waals surface area contributed by atoms with Gasteiger partial charge in [0.05, 0.1) is 13.7 Å². The van der Waals surface area contributed by atoms with Gasteiger partial charge in [0.1, 0.15) is 5.75 Å². The largest absolute Gasteiger partial charge is 0.496 e. The first-order valence-electron chi connectivity index (χ1n) is 7.78. The molecule has 1 amide bonds. The summed E-state index contributed by atoms with van der Waals surface area (Å²) in [6.07, 6.45) is 0. The zero-order valence-corrected chi connectivity index (χ0v) is 15.1. The molecule has 0 aliphatic rings. The highest BCUT2D eigenvalue weighted by atomic mass is 35.5. The van der Waals surface area contributed by atoms with Crippen molar-refractivity contribution in [3.05, 3.63) is 64.7 Å². The molecule has 0 radical (unpaired) electrons. The highest BCUT2D eigenvalue weighted by Crippen LogP contribution is 2.23. The van der Waals surface area contributed by atoms with E-state index in [4.69, 9.17) is 16.3 Å². The first-order valence-corrected chi connectivity index (χ1v) is 8.16. The Morgan fingerprint density at radius 2 is 1.79 bits per heavy atom. The summed E-state index contributed by atoms with van der Waals surface area (Å²) in [5.74, 6) is 0.846. The SMILES string of the molecule is COc1ccc(Cl)cc1CN(C)CC(=O)N(C)Cc1ccccc1. The van der Waals surface area contributed by atoms with Crippen molar-refractivity contribution in [3.8, 4) is 5.75 Å². The third-order valence-corrected chi connectivity index (χ3v) is 4.01. The monoisotopic (exact) mass is 346 g/mol. The summed E-state index contributed by atoms with van der Waals surface area (Å²) in [4.78, 5) is 16.1. The Hall–Kier alpha value is -2.04. The van der Waals surface area contributed by atoms with Gasteiger partial charge in [-0.2, -0.15) is 0 Å². The van der Waals surface area contributed by atoms with Gasteiger partial charge >= 0.3 is 0 Å². The van der Waals surface area contributed by atoms with Gasteiger partial charge in [-0.15, -0.1) is 0 Å². The molecule has 4 nitrogen and oxygen atoms in total. The topological polar surface area (TPSA) is 32.8 Å². The number of nitrogens with zero attached hydrogens (tertiary/aromatic N) is 2. The van der Waals surface area contributed by atoms with Crippen LogP contribution < -0.4 is 4.74 Å². The number of rotatable bonds is 7. The lowest BCUT2D eigenvalue weighted by molar-refractivity contribution is -0.131. The molecule has 128 valence electrons. The van der Waals surface area contributed by atoms with E-state index in [0.29, 0.717) is 24.7 Å². The van der Waals surface area contributed by atoms with Crippen molar-refractivity contribution in [1.29, 1.82) is 0 Å². The minimum absolute atomic E-state index is 0.0716. The molecular formula is C19H23ClN2O2. The number of hydrogen-bond donors (Lipinski definition) is 0. The van der Waals surface area contributed by atoms with Gasteiger partial charge in [-0.1, -0.05) is 41.9 Å². The summed E-state index contributed by atoms with van der Waals surface area (Å²) >= 11 is 6.05. The molecule has 2 rings (SSSR count). The number of likely N-dealkylation sites (N-methyl/N-ethyl adjacent to an activating group) is 2. The molecular weight excluding hydrogens is 324 g/mol. The van der Waals surface area contributed by atoms with Gasteiger partial charge in [0.2, 0.25) is 5.91 Å². The molecule has 0 atom stereocenters. The second kappa shape index (κ2) is 8.71. The van der Waals surface area contributed by atoms with Crippen molar-refractivity contribution in [2.45, 2.75) is 13.1 Å². The molecule has 2 aromatic rings. The third-order valence-electron chi connectivity index (χ3n) is 3.78. The van der Waals surface area contributed by atoms with Crippen molar-refractivity contribution >= 4 is 17.5 Å². The summed E-state index contributed by atoms with van der Waals surface area (Å²) in [6.45, 7) is 1.53. The molecule has 0 fully saturated rings. The van der Waals surface area contributed by atoms with Crippen LogP contribution in [0.1, 0.15) is 11.1 Å². The molecule has 2 aromatic carbocycles. The maximum Gasteiger partial charge on any atom is 0.236 e. The van der Waals surface area contributed by atoms with E-state index < -0.39 is 0 Å². The minimum Gasteiger partial charge on any atom is -0.496 e. The highest BCUT2D eigenvalue weighted by molar-refractivity contribution is 6.30. The van der Waals surface area contributed by atoms with E-state index in [9.17, 15) is 4.79 Å². The molecule has 0 spiro atoms. The minimum atomic E-state index is 0.0716. The van der Waals surface area contributed by atoms with Crippen LogP contribution in [0.25, 0.3) is 0 Å². The Morgan fingerprint density at radius 3 is 2.46 bits per heavy atom. The zero-order chi connectivity index (χ0) is 17.5. The van der Waals surface area contributed by atoms with Crippen molar-refractivity contribution in [2.75, 3.05) is 27.7 Å². The van der Waals surface area contributed by atoms with Crippen LogP contribution in [0.3, 0.4) is 0 Å². The maximum atomic E-state index is 12.4. The number of carbonyl (C=O) groups excluding carboxylic acids is 1. The van der Waals surface area contributed by atoms with E-state index in [1.165, 1.54) is 0 Å². The number of methoxy groups -OCH3 is 1. The van der Waals surface area contributed by atoms with Crippen LogP contribution in [-0.2, 0) is 17.9 Å². The number of hydrogen-bond acceptors (Lipinski definition) is 3. The third kappa shape index (κ3) is 5.25. The van der Waals surface area contributed by atoms with Crippen LogP contribution in [0.2, 0.25) is 5.02 Å². The summed E-state index contributed by atoms with van der Waals surface area (Å²) in [7, 11) is 5.36. The maximum absolute atomic E-state index is 12.4. The molecule has 5 heteroatoms. The first-order chi connectivity index (χ1) is 11.5. The number of amides is 1. The van der Waals surface area contributed by atoms with E-state index in [0.717, 1.165) is 16.9 Å². The van der Waals surface area contributed by atoms with Crippen molar-refractivity contribution in [2.24, 2.45) is 0 Å². The summed E-state index contributed by atoms with van der Waals surface area (Å²) in [5, 5.41) is 0.659. The summed E-state index contributed by atoms with van der Waals surface area (Å²) in [6, 6.07) is 15.5. The lowest BCUT2D eigenvalue weighted by Crippen LogP contribution is -2.36. The zero-order valence-electron chi connectivity index (χ0n) is 14.3. The van der Waals surface area contributed by atoms with Crippen LogP contribution in [-0.4, -0.2) is 43.5 Å². The molecule has 0 aliphatic heterocycles. The molecule has 0 N–H and O–H groups in total. The van der Waals surface area contributed by atoms with Gasteiger partial charge in [0.25, 0.3) is 0 Å². The average Bonchev–Trinajstić information content (AvgIpc) is 2.55. The Balaban J connectivity index is 1.93. The molecule has 0 saturated carbocycles. The lowest BCUT2D eigenvalue weighted by atomic mass is 10.2. The predicted octanol–water partition coefficient (Wildman–Crippen LogP) is 3.44. The van der Waals surface area contributed by atoms with Gasteiger partial charge in [0, 0.05) is 30.7 Å². The average molecular weight is 347 g/mol. The fraction of sp³-hybridized carbons (Fsp3) is 0.316. The van der Waals surface area contributed by atoms with E-state index in [-0.39, 0.29) is 5.91 Å². The fourth-order valence-corrected chi connectivity index (χ4v) is 2.71. The number of carbonyl (C=O) groups is 1. The molecule has 0 aromatic heterocycles. The Bertz CT molecular complexity index is 676.